The fraction of sp³-hybridized carbons (Fsp3) is 0.333. The Morgan fingerprint density at radius 1 is 0.737 bits per heavy atom. The SMILES string of the molecule is CC.CC.Cc1ccc2c(c1)c1ccccc1n2C. The Morgan fingerprint density at radius 2 is 1.32 bits per heavy atom. The lowest BCUT2D eigenvalue weighted by molar-refractivity contribution is 1.01. The summed E-state index contributed by atoms with van der Waals surface area (Å²) in [6.45, 7) is 10.1. The summed E-state index contributed by atoms with van der Waals surface area (Å²) in [6, 6.07) is 15.2. The van der Waals surface area contributed by atoms with E-state index >= 15 is 0 Å². The van der Waals surface area contributed by atoms with Crippen LogP contribution in [0.25, 0.3) is 21.8 Å². The molecule has 0 aliphatic heterocycles. The Bertz CT molecular complexity index is 647. The van der Waals surface area contributed by atoms with E-state index in [1.807, 2.05) is 27.7 Å². The minimum absolute atomic E-state index is 1.30. The lowest BCUT2D eigenvalue weighted by atomic mass is 10.1. The molecule has 1 heteroatoms. The van der Waals surface area contributed by atoms with Crippen molar-refractivity contribution in [2.75, 3.05) is 0 Å². The predicted octanol–water partition coefficient (Wildman–Crippen LogP) is 5.69. The highest BCUT2D eigenvalue weighted by Gasteiger charge is 2.06. The second kappa shape index (κ2) is 6.98. The van der Waals surface area contributed by atoms with Gasteiger partial charge in [-0.1, -0.05) is 57.5 Å². The van der Waals surface area contributed by atoms with Crippen LogP contribution in [-0.4, -0.2) is 4.57 Å². The van der Waals surface area contributed by atoms with Crippen LogP contribution in [0.2, 0.25) is 0 Å². The summed E-state index contributed by atoms with van der Waals surface area (Å²) < 4.78 is 2.25. The third-order valence-electron chi connectivity index (χ3n) is 3.07. The van der Waals surface area contributed by atoms with Gasteiger partial charge in [0.15, 0.2) is 0 Å². The Kier molecular flexibility index (Phi) is 5.62. The molecule has 3 rings (SSSR count). The van der Waals surface area contributed by atoms with Crippen LogP contribution in [0.4, 0.5) is 0 Å². The number of aryl methyl sites for hydroxylation is 2. The number of fused-ring (bicyclic) bond motifs is 3. The molecular weight excluding hydrogens is 230 g/mol. The Morgan fingerprint density at radius 3 is 2.00 bits per heavy atom. The number of nitrogens with zero attached hydrogens (tertiary/aromatic N) is 1. The molecule has 0 saturated heterocycles. The number of hydrogen-bond donors (Lipinski definition) is 0. The fourth-order valence-electron chi connectivity index (χ4n) is 2.28. The second-order valence-corrected chi connectivity index (χ2v) is 4.10. The van der Waals surface area contributed by atoms with Crippen LogP contribution in [0.5, 0.6) is 0 Å². The van der Waals surface area contributed by atoms with E-state index in [-0.39, 0.29) is 0 Å². The molecule has 0 unspecified atom stereocenters. The zero-order chi connectivity index (χ0) is 14.4. The van der Waals surface area contributed by atoms with Gasteiger partial charge in [0.25, 0.3) is 0 Å². The van der Waals surface area contributed by atoms with Crippen molar-refractivity contribution in [3.05, 3.63) is 48.0 Å². The van der Waals surface area contributed by atoms with Crippen molar-refractivity contribution in [1.82, 2.24) is 4.57 Å². The molecule has 1 aromatic heterocycles. The maximum Gasteiger partial charge on any atom is 0.0488 e. The van der Waals surface area contributed by atoms with Gasteiger partial charge in [0.05, 0.1) is 0 Å². The quantitative estimate of drug-likeness (QED) is 0.486. The van der Waals surface area contributed by atoms with Crippen LogP contribution < -0.4 is 0 Å². The molecule has 0 aliphatic carbocycles. The molecule has 0 aliphatic rings. The highest BCUT2D eigenvalue weighted by Crippen LogP contribution is 2.28. The first-order valence-electron chi connectivity index (χ1n) is 7.21. The van der Waals surface area contributed by atoms with Crippen molar-refractivity contribution in [2.45, 2.75) is 34.6 Å². The first-order chi connectivity index (χ1) is 9.27. The molecule has 0 spiro atoms. The van der Waals surface area contributed by atoms with Crippen molar-refractivity contribution in [2.24, 2.45) is 7.05 Å². The van der Waals surface area contributed by atoms with Gasteiger partial charge in [0, 0.05) is 28.9 Å². The fourth-order valence-corrected chi connectivity index (χ4v) is 2.28. The molecule has 102 valence electrons. The zero-order valence-corrected chi connectivity index (χ0v) is 13.0. The molecule has 3 aromatic rings. The van der Waals surface area contributed by atoms with E-state index in [2.05, 4.69) is 61.0 Å². The van der Waals surface area contributed by atoms with Crippen LogP contribution >= 0.6 is 0 Å². The highest BCUT2D eigenvalue weighted by atomic mass is 14.9. The van der Waals surface area contributed by atoms with Crippen molar-refractivity contribution < 1.29 is 0 Å². The maximum atomic E-state index is 2.26. The zero-order valence-electron chi connectivity index (χ0n) is 13.0. The number of hydrogen-bond acceptors (Lipinski definition) is 0. The van der Waals surface area contributed by atoms with E-state index in [4.69, 9.17) is 0 Å². The minimum Gasteiger partial charge on any atom is -0.344 e. The summed E-state index contributed by atoms with van der Waals surface area (Å²) in [7, 11) is 2.12. The summed E-state index contributed by atoms with van der Waals surface area (Å²) in [5, 5.41) is 2.70. The van der Waals surface area contributed by atoms with Crippen molar-refractivity contribution >= 4 is 21.8 Å². The highest BCUT2D eigenvalue weighted by molar-refractivity contribution is 6.08. The molecule has 0 radical (unpaired) electrons. The second-order valence-electron chi connectivity index (χ2n) is 4.10. The van der Waals surface area contributed by atoms with Gasteiger partial charge in [0.2, 0.25) is 0 Å². The van der Waals surface area contributed by atoms with Crippen molar-refractivity contribution in [3.63, 3.8) is 0 Å². The molecule has 1 nitrogen and oxygen atoms in total. The summed E-state index contributed by atoms with van der Waals surface area (Å²) >= 11 is 0. The van der Waals surface area contributed by atoms with E-state index < -0.39 is 0 Å². The first kappa shape index (κ1) is 15.3. The lowest BCUT2D eigenvalue weighted by Gasteiger charge is -1.97. The summed E-state index contributed by atoms with van der Waals surface area (Å²) in [5.41, 5.74) is 3.93. The number of para-hydroxylation sites is 1. The third kappa shape index (κ3) is 2.81. The lowest BCUT2D eigenvalue weighted by Crippen LogP contribution is -1.85. The molecule has 19 heavy (non-hydrogen) atoms. The van der Waals surface area contributed by atoms with Gasteiger partial charge in [-0.25, -0.2) is 0 Å². The predicted molar refractivity (Wildman–Crippen MR) is 87.9 cm³/mol. The minimum atomic E-state index is 1.30. The average molecular weight is 255 g/mol. The van der Waals surface area contributed by atoms with E-state index in [1.165, 1.54) is 27.4 Å². The molecule has 0 N–H and O–H groups in total. The summed E-state index contributed by atoms with van der Waals surface area (Å²) in [4.78, 5) is 0. The largest absolute Gasteiger partial charge is 0.344 e. The number of rotatable bonds is 0. The average Bonchev–Trinajstić information content (AvgIpc) is 2.77. The van der Waals surface area contributed by atoms with Crippen molar-refractivity contribution in [3.8, 4) is 0 Å². The Balaban J connectivity index is 0.000000415. The van der Waals surface area contributed by atoms with Crippen LogP contribution in [0.1, 0.15) is 33.3 Å². The number of benzene rings is 2. The molecule has 2 aromatic carbocycles. The third-order valence-corrected chi connectivity index (χ3v) is 3.07. The first-order valence-corrected chi connectivity index (χ1v) is 7.21. The van der Waals surface area contributed by atoms with Crippen molar-refractivity contribution in [1.29, 1.82) is 0 Å². The van der Waals surface area contributed by atoms with Gasteiger partial charge in [0.1, 0.15) is 0 Å². The van der Waals surface area contributed by atoms with E-state index in [1.54, 1.807) is 0 Å². The van der Waals surface area contributed by atoms with Gasteiger partial charge in [-0.2, -0.15) is 0 Å². The molecule has 0 fully saturated rings. The topological polar surface area (TPSA) is 4.93 Å². The standard InChI is InChI=1S/C14H13N.2C2H6/c1-10-7-8-14-12(9-10)11-5-3-4-6-13(11)15(14)2;2*1-2/h3-9H,1-2H3;2*1-2H3. The van der Waals surface area contributed by atoms with E-state index in [0.29, 0.717) is 0 Å². The van der Waals surface area contributed by atoms with E-state index in [0.717, 1.165) is 0 Å². The smallest absolute Gasteiger partial charge is 0.0488 e. The normalized spacial score (nSPS) is 9.58. The molecule has 0 bridgehead atoms. The molecule has 0 amide bonds. The van der Waals surface area contributed by atoms with Crippen LogP contribution in [0.3, 0.4) is 0 Å². The van der Waals surface area contributed by atoms with Crippen LogP contribution in [0.15, 0.2) is 42.5 Å². The maximum absolute atomic E-state index is 2.26. The van der Waals surface area contributed by atoms with Crippen LogP contribution in [0, 0.1) is 6.92 Å². The van der Waals surface area contributed by atoms with E-state index in [9.17, 15) is 0 Å². The van der Waals surface area contributed by atoms with Gasteiger partial charge in [-0.3, -0.25) is 0 Å². The Hall–Kier alpha value is -1.76. The van der Waals surface area contributed by atoms with Gasteiger partial charge in [-0.15, -0.1) is 0 Å². The molecule has 0 saturated carbocycles. The molecular formula is C18H25N. The van der Waals surface area contributed by atoms with Gasteiger partial charge in [-0.05, 0) is 25.1 Å². The van der Waals surface area contributed by atoms with Gasteiger partial charge >= 0.3 is 0 Å². The van der Waals surface area contributed by atoms with Crippen LogP contribution in [-0.2, 0) is 7.05 Å². The number of aromatic nitrogens is 1. The monoisotopic (exact) mass is 255 g/mol. The summed E-state index contributed by atoms with van der Waals surface area (Å²) in [6.07, 6.45) is 0. The van der Waals surface area contributed by atoms with Gasteiger partial charge < -0.3 is 4.57 Å². The summed E-state index contributed by atoms with van der Waals surface area (Å²) in [5.74, 6) is 0. The molecule has 1 heterocycles. The Labute approximate surface area is 116 Å². The molecule has 0 atom stereocenters.